The molecule has 0 radical (unpaired) electrons. The van der Waals surface area contributed by atoms with Crippen molar-refractivity contribution in [2.45, 2.75) is 45.6 Å². The van der Waals surface area contributed by atoms with Gasteiger partial charge in [0.1, 0.15) is 5.82 Å². The molecule has 0 saturated carbocycles. The Kier molecular flexibility index (Phi) is 4.20. The molecular formula is C15H19FN2OS. The highest BCUT2D eigenvalue weighted by Gasteiger charge is 2.26. The molecule has 1 atom stereocenters. The van der Waals surface area contributed by atoms with E-state index in [1.165, 1.54) is 23.7 Å². The van der Waals surface area contributed by atoms with Crippen LogP contribution in [0.25, 0.3) is 0 Å². The van der Waals surface area contributed by atoms with Crippen molar-refractivity contribution in [3.05, 3.63) is 45.7 Å². The van der Waals surface area contributed by atoms with Crippen molar-refractivity contribution >= 4 is 11.5 Å². The van der Waals surface area contributed by atoms with Crippen molar-refractivity contribution in [2.75, 3.05) is 0 Å². The van der Waals surface area contributed by atoms with Gasteiger partial charge in [0, 0.05) is 11.8 Å². The van der Waals surface area contributed by atoms with E-state index in [2.05, 4.69) is 9.59 Å². The maximum Gasteiger partial charge on any atom is 0.123 e. The normalized spacial score (nSPS) is 13.5. The van der Waals surface area contributed by atoms with Gasteiger partial charge in [0.05, 0.1) is 16.7 Å². The van der Waals surface area contributed by atoms with Crippen LogP contribution in [0.15, 0.2) is 18.2 Å². The van der Waals surface area contributed by atoms with Crippen LogP contribution in [0.2, 0.25) is 0 Å². The number of aliphatic hydroxyl groups excluding tert-OH is 1. The first-order valence-electron chi connectivity index (χ1n) is 6.55. The van der Waals surface area contributed by atoms with Gasteiger partial charge in [0.2, 0.25) is 0 Å². The predicted molar refractivity (Wildman–Crippen MR) is 78.4 cm³/mol. The minimum absolute atomic E-state index is 0.166. The molecule has 20 heavy (non-hydrogen) atoms. The smallest absolute Gasteiger partial charge is 0.123 e. The summed E-state index contributed by atoms with van der Waals surface area (Å²) in [6.45, 7) is 8.02. The molecule has 5 heteroatoms. The summed E-state index contributed by atoms with van der Waals surface area (Å²) in [6.07, 6.45) is -0.332. The van der Waals surface area contributed by atoms with Crippen LogP contribution in [0.3, 0.4) is 0 Å². The largest absolute Gasteiger partial charge is 0.387 e. The molecule has 0 aliphatic rings. The van der Waals surface area contributed by atoms with Crippen LogP contribution in [0, 0.1) is 12.7 Å². The zero-order chi connectivity index (χ0) is 14.9. The average Bonchev–Trinajstić information content (AvgIpc) is 2.82. The van der Waals surface area contributed by atoms with E-state index in [0.29, 0.717) is 6.42 Å². The van der Waals surface area contributed by atoms with Gasteiger partial charge in [-0.15, -0.1) is 5.10 Å². The molecule has 0 fully saturated rings. The van der Waals surface area contributed by atoms with Gasteiger partial charge in [-0.1, -0.05) is 31.3 Å². The molecule has 0 amide bonds. The summed E-state index contributed by atoms with van der Waals surface area (Å²) in [5, 5.41) is 14.6. The highest BCUT2D eigenvalue weighted by atomic mass is 32.1. The molecule has 1 unspecified atom stereocenters. The van der Waals surface area contributed by atoms with E-state index in [1.54, 1.807) is 6.07 Å². The standard InChI is InChI=1S/C15H19FN2OS/c1-9-5-6-11(16)7-10(9)8-12(19)13-14(15(2,3)4)17-18-20-13/h5-7,12,19H,8H2,1-4H3. The van der Waals surface area contributed by atoms with E-state index < -0.39 is 6.10 Å². The Bertz CT molecular complexity index is 604. The second-order valence-electron chi connectivity index (χ2n) is 6.03. The number of aliphatic hydroxyl groups is 1. The lowest BCUT2D eigenvalue weighted by Crippen LogP contribution is -2.16. The Balaban J connectivity index is 2.27. The third-order valence-corrected chi connectivity index (χ3v) is 4.08. The number of aromatic nitrogens is 2. The maximum atomic E-state index is 13.3. The predicted octanol–water partition coefficient (Wildman–Crippen LogP) is 3.56. The first-order chi connectivity index (χ1) is 9.29. The first kappa shape index (κ1) is 15.1. The Morgan fingerprint density at radius 3 is 2.70 bits per heavy atom. The quantitative estimate of drug-likeness (QED) is 0.941. The molecule has 0 aliphatic heterocycles. The van der Waals surface area contributed by atoms with Crippen molar-refractivity contribution in [1.29, 1.82) is 0 Å². The van der Waals surface area contributed by atoms with Gasteiger partial charge in [0.25, 0.3) is 0 Å². The van der Waals surface area contributed by atoms with E-state index in [1.807, 2.05) is 27.7 Å². The molecule has 108 valence electrons. The van der Waals surface area contributed by atoms with Gasteiger partial charge in [-0.05, 0) is 41.7 Å². The maximum absolute atomic E-state index is 13.3. The summed E-state index contributed by atoms with van der Waals surface area (Å²) < 4.78 is 17.3. The third-order valence-electron chi connectivity index (χ3n) is 3.25. The molecule has 3 nitrogen and oxygen atoms in total. The van der Waals surface area contributed by atoms with Crippen molar-refractivity contribution in [2.24, 2.45) is 0 Å². The molecule has 0 aliphatic carbocycles. The molecule has 0 spiro atoms. The number of halogens is 1. The van der Waals surface area contributed by atoms with Gasteiger partial charge < -0.3 is 5.11 Å². The van der Waals surface area contributed by atoms with Crippen molar-refractivity contribution in [1.82, 2.24) is 9.59 Å². The fraction of sp³-hybridized carbons (Fsp3) is 0.467. The van der Waals surface area contributed by atoms with Crippen LogP contribution in [-0.2, 0) is 11.8 Å². The van der Waals surface area contributed by atoms with Crippen LogP contribution in [-0.4, -0.2) is 14.7 Å². The SMILES string of the molecule is Cc1ccc(F)cc1CC(O)c1snnc1C(C)(C)C. The van der Waals surface area contributed by atoms with Gasteiger partial charge in [0.15, 0.2) is 0 Å². The molecule has 2 aromatic rings. The summed E-state index contributed by atoms with van der Waals surface area (Å²) in [5.41, 5.74) is 2.43. The lowest BCUT2D eigenvalue weighted by atomic mass is 9.89. The summed E-state index contributed by atoms with van der Waals surface area (Å²) >= 11 is 1.21. The molecule has 2 rings (SSSR count). The van der Waals surface area contributed by atoms with Crippen LogP contribution < -0.4 is 0 Å². The van der Waals surface area contributed by atoms with Crippen LogP contribution >= 0.6 is 11.5 Å². The van der Waals surface area contributed by atoms with E-state index >= 15 is 0 Å². The number of aryl methyl sites for hydroxylation is 1. The average molecular weight is 294 g/mol. The minimum Gasteiger partial charge on any atom is -0.387 e. The van der Waals surface area contributed by atoms with Crippen LogP contribution in [0.5, 0.6) is 0 Å². The van der Waals surface area contributed by atoms with Crippen molar-refractivity contribution in [3.8, 4) is 0 Å². The lowest BCUT2D eigenvalue weighted by Gasteiger charge is -2.19. The summed E-state index contributed by atoms with van der Waals surface area (Å²) in [6, 6.07) is 4.64. The number of rotatable bonds is 3. The summed E-state index contributed by atoms with van der Waals surface area (Å²) in [4.78, 5) is 0.765. The molecule has 1 heterocycles. The molecule has 1 aromatic carbocycles. The second-order valence-corrected chi connectivity index (χ2v) is 6.81. The Hall–Kier alpha value is -1.33. The van der Waals surface area contributed by atoms with Crippen LogP contribution in [0.4, 0.5) is 4.39 Å². The van der Waals surface area contributed by atoms with E-state index in [4.69, 9.17) is 0 Å². The monoisotopic (exact) mass is 294 g/mol. The Morgan fingerprint density at radius 2 is 2.05 bits per heavy atom. The van der Waals surface area contributed by atoms with E-state index in [-0.39, 0.29) is 11.2 Å². The Morgan fingerprint density at radius 1 is 1.35 bits per heavy atom. The van der Waals surface area contributed by atoms with Gasteiger partial charge >= 0.3 is 0 Å². The van der Waals surface area contributed by atoms with Gasteiger partial charge in [-0.2, -0.15) is 0 Å². The van der Waals surface area contributed by atoms with E-state index in [0.717, 1.165) is 21.7 Å². The second kappa shape index (κ2) is 5.58. The zero-order valence-corrected chi connectivity index (χ0v) is 13.0. The van der Waals surface area contributed by atoms with Crippen LogP contribution in [0.1, 0.15) is 48.6 Å². The number of hydrogen-bond donors (Lipinski definition) is 1. The summed E-state index contributed by atoms with van der Waals surface area (Å²) in [5.74, 6) is -0.281. The molecule has 1 N–H and O–H groups in total. The molecule has 0 saturated heterocycles. The molecular weight excluding hydrogens is 275 g/mol. The summed E-state index contributed by atoms with van der Waals surface area (Å²) in [7, 11) is 0. The Labute approximate surface area is 122 Å². The van der Waals surface area contributed by atoms with Crippen molar-refractivity contribution in [3.63, 3.8) is 0 Å². The number of hydrogen-bond acceptors (Lipinski definition) is 4. The zero-order valence-electron chi connectivity index (χ0n) is 12.1. The molecule has 1 aromatic heterocycles. The number of nitrogens with zero attached hydrogens (tertiary/aromatic N) is 2. The fourth-order valence-electron chi connectivity index (χ4n) is 2.10. The highest BCUT2D eigenvalue weighted by molar-refractivity contribution is 7.05. The lowest BCUT2D eigenvalue weighted by molar-refractivity contribution is 0.179. The molecule has 0 bridgehead atoms. The third kappa shape index (κ3) is 3.22. The topological polar surface area (TPSA) is 46.0 Å². The van der Waals surface area contributed by atoms with Gasteiger partial charge in [-0.25, -0.2) is 4.39 Å². The first-order valence-corrected chi connectivity index (χ1v) is 7.32. The number of benzene rings is 1. The highest BCUT2D eigenvalue weighted by Crippen LogP contribution is 2.32. The van der Waals surface area contributed by atoms with E-state index in [9.17, 15) is 9.50 Å². The van der Waals surface area contributed by atoms with Crippen molar-refractivity contribution < 1.29 is 9.50 Å². The van der Waals surface area contributed by atoms with Gasteiger partial charge in [-0.3, -0.25) is 0 Å². The minimum atomic E-state index is -0.704. The fourth-order valence-corrected chi connectivity index (χ4v) is 2.95.